The third kappa shape index (κ3) is 4.97. The molecule has 0 aromatic heterocycles. The van der Waals surface area contributed by atoms with E-state index < -0.39 is 52.2 Å². The Morgan fingerprint density at radius 1 is 1.05 bits per heavy atom. The minimum absolute atomic E-state index is 0.165. The molecule has 234 valence electrons. The first-order valence-corrected chi connectivity index (χ1v) is 15.7. The van der Waals surface area contributed by atoms with Crippen molar-refractivity contribution in [3.8, 4) is 0 Å². The second-order valence-corrected chi connectivity index (χ2v) is 15.2. The summed E-state index contributed by atoms with van der Waals surface area (Å²) in [6, 6.07) is 0. The van der Waals surface area contributed by atoms with Gasteiger partial charge in [0.15, 0.2) is 0 Å². The van der Waals surface area contributed by atoms with Crippen LogP contribution < -0.4 is 0 Å². The van der Waals surface area contributed by atoms with E-state index in [9.17, 15) is 24.6 Å². The van der Waals surface area contributed by atoms with Crippen LogP contribution in [0.4, 0.5) is 0 Å². The van der Waals surface area contributed by atoms with Crippen molar-refractivity contribution < 1.29 is 34.1 Å². The lowest BCUT2D eigenvalue weighted by Gasteiger charge is -2.62. The van der Waals surface area contributed by atoms with Crippen LogP contribution in [0.3, 0.4) is 0 Å². The van der Waals surface area contributed by atoms with E-state index in [0.29, 0.717) is 32.1 Å². The Bertz CT molecular complexity index is 1210. The number of hydrogen-bond donors (Lipinski definition) is 2. The van der Waals surface area contributed by atoms with E-state index in [1.54, 1.807) is 0 Å². The Hall–Kier alpha value is -2.41. The molecule has 0 amide bonds. The molecular weight excluding hydrogens is 532 g/mol. The fraction of sp³-hybridized carbons (Fsp3) is 0.743. The fourth-order valence-corrected chi connectivity index (χ4v) is 9.75. The standard InChI is InChI=1S/C35H52O7/c1-19(2)20(3)11-12-23(31(39)40)29-27(41-21(4)36)18-35(10)25-17-26(38)30-32(6,7)28(42-22(5)37)14-15-33(30,8)24(25)13-16-34(29,35)9/h13,17,19,23,26-30,38H,3,11-12,14-16,18H2,1-2,4-10H3,(H,39,40)/t23-,26?,27-,28+,29+,30+,33-,34-,35+/m1/s1. The molecule has 4 aliphatic rings. The third-order valence-corrected chi connectivity index (χ3v) is 12.1. The number of aliphatic hydroxyl groups is 1. The SMILES string of the molecule is C=C(CC[C@@H](C(=O)O)[C@H]1[C@H](OC(C)=O)C[C@@]2(C)C3=CC(O)[C@H]4C(C)(C)[C@@H](OC(C)=O)CC[C@]4(C)C3=CC[C@]12C)C(C)C. The van der Waals surface area contributed by atoms with E-state index >= 15 is 0 Å². The van der Waals surface area contributed by atoms with Crippen molar-refractivity contribution in [3.63, 3.8) is 0 Å². The lowest BCUT2D eigenvalue weighted by Crippen LogP contribution is -2.59. The van der Waals surface area contributed by atoms with E-state index in [1.165, 1.54) is 19.4 Å². The first kappa shape index (κ1) is 32.5. The number of hydrogen-bond acceptors (Lipinski definition) is 6. The van der Waals surface area contributed by atoms with Crippen LogP contribution in [0.5, 0.6) is 0 Å². The van der Waals surface area contributed by atoms with Gasteiger partial charge in [-0.1, -0.05) is 72.8 Å². The van der Waals surface area contributed by atoms with Gasteiger partial charge in [-0.25, -0.2) is 0 Å². The van der Waals surface area contributed by atoms with Crippen LogP contribution in [0.15, 0.2) is 35.5 Å². The summed E-state index contributed by atoms with van der Waals surface area (Å²) >= 11 is 0. The molecule has 0 aliphatic heterocycles. The van der Waals surface area contributed by atoms with Crippen molar-refractivity contribution in [1.29, 1.82) is 0 Å². The van der Waals surface area contributed by atoms with Crippen molar-refractivity contribution in [1.82, 2.24) is 0 Å². The van der Waals surface area contributed by atoms with Crippen LogP contribution in [0.2, 0.25) is 0 Å². The molecule has 0 radical (unpaired) electrons. The zero-order valence-electron chi connectivity index (χ0n) is 27.1. The highest BCUT2D eigenvalue weighted by atomic mass is 16.5. The first-order chi connectivity index (χ1) is 19.3. The molecule has 0 bridgehead atoms. The van der Waals surface area contributed by atoms with Crippen molar-refractivity contribution in [2.75, 3.05) is 0 Å². The van der Waals surface area contributed by atoms with Gasteiger partial charge < -0.3 is 19.7 Å². The normalized spacial score (nSPS) is 39.2. The van der Waals surface area contributed by atoms with Crippen LogP contribution in [0.25, 0.3) is 0 Å². The summed E-state index contributed by atoms with van der Waals surface area (Å²) in [5.74, 6) is -2.60. The number of rotatable bonds is 8. The lowest BCUT2D eigenvalue weighted by atomic mass is 9.43. The van der Waals surface area contributed by atoms with Gasteiger partial charge in [-0.3, -0.25) is 14.4 Å². The Morgan fingerprint density at radius 2 is 1.67 bits per heavy atom. The topological polar surface area (TPSA) is 110 Å². The number of fused-ring (bicyclic) bond motifs is 5. The summed E-state index contributed by atoms with van der Waals surface area (Å²) in [6.07, 6.45) is 6.30. The Kier molecular flexibility index (Phi) is 8.47. The average Bonchev–Trinajstić information content (AvgIpc) is 3.07. The van der Waals surface area contributed by atoms with Gasteiger partial charge in [0.05, 0.1) is 12.0 Å². The molecule has 0 aromatic rings. The summed E-state index contributed by atoms with van der Waals surface area (Å²) < 4.78 is 11.7. The second kappa shape index (κ2) is 10.9. The zero-order valence-corrected chi connectivity index (χ0v) is 27.1. The molecule has 4 aliphatic carbocycles. The minimum Gasteiger partial charge on any atom is -0.481 e. The molecule has 4 rings (SSSR count). The van der Waals surface area contributed by atoms with Gasteiger partial charge >= 0.3 is 17.9 Å². The quantitative estimate of drug-likeness (QED) is 0.243. The van der Waals surface area contributed by atoms with Gasteiger partial charge in [0, 0.05) is 36.5 Å². The molecular formula is C35H52O7. The second-order valence-electron chi connectivity index (χ2n) is 15.2. The molecule has 2 N–H and O–H groups in total. The van der Waals surface area contributed by atoms with Crippen LogP contribution in [-0.4, -0.2) is 46.4 Å². The molecule has 0 spiro atoms. The van der Waals surface area contributed by atoms with Gasteiger partial charge in [-0.05, 0) is 66.4 Å². The fourth-order valence-electron chi connectivity index (χ4n) is 9.75. The van der Waals surface area contributed by atoms with Gasteiger partial charge in [0.1, 0.15) is 12.2 Å². The molecule has 9 atom stereocenters. The maximum Gasteiger partial charge on any atom is 0.306 e. The van der Waals surface area contributed by atoms with Gasteiger partial charge in [-0.15, -0.1) is 0 Å². The Balaban J connectivity index is 1.80. The Morgan fingerprint density at radius 3 is 2.21 bits per heavy atom. The molecule has 42 heavy (non-hydrogen) atoms. The number of carboxylic acid groups (broad SMARTS) is 1. The average molecular weight is 585 g/mol. The van der Waals surface area contributed by atoms with Gasteiger partial charge in [0.25, 0.3) is 0 Å². The number of ether oxygens (including phenoxy) is 2. The van der Waals surface area contributed by atoms with Crippen LogP contribution >= 0.6 is 0 Å². The monoisotopic (exact) mass is 584 g/mol. The number of carboxylic acids is 1. The highest BCUT2D eigenvalue weighted by Gasteiger charge is 2.68. The summed E-state index contributed by atoms with van der Waals surface area (Å²) in [7, 11) is 0. The van der Waals surface area contributed by atoms with Crippen molar-refractivity contribution in [2.24, 2.45) is 45.3 Å². The number of esters is 2. The summed E-state index contributed by atoms with van der Waals surface area (Å²) in [6.45, 7) is 21.9. The largest absolute Gasteiger partial charge is 0.481 e. The molecule has 0 aromatic carbocycles. The molecule has 2 fully saturated rings. The van der Waals surface area contributed by atoms with Gasteiger partial charge in [-0.2, -0.15) is 0 Å². The van der Waals surface area contributed by atoms with Crippen molar-refractivity contribution in [3.05, 3.63) is 35.5 Å². The summed E-state index contributed by atoms with van der Waals surface area (Å²) in [4.78, 5) is 37.2. The smallest absolute Gasteiger partial charge is 0.306 e. The Labute approximate surface area is 251 Å². The molecule has 7 nitrogen and oxygen atoms in total. The number of allylic oxidation sites excluding steroid dienone is 4. The highest BCUT2D eigenvalue weighted by Crippen LogP contribution is 2.72. The lowest BCUT2D eigenvalue weighted by molar-refractivity contribution is -0.173. The predicted molar refractivity (Wildman–Crippen MR) is 161 cm³/mol. The molecule has 2 saturated carbocycles. The molecule has 0 saturated heterocycles. The molecule has 1 unspecified atom stereocenters. The number of aliphatic carboxylic acids is 1. The van der Waals surface area contributed by atoms with E-state index in [0.717, 1.165) is 17.6 Å². The van der Waals surface area contributed by atoms with E-state index in [-0.39, 0.29) is 29.3 Å². The minimum atomic E-state index is -0.871. The van der Waals surface area contributed by atoms with Crippen molar-refractivity contribution in [2.45, 2.75) is 119 Å². The van der Waals surface area contributed by atoms with Gasteiger partial charge in [0.2, 0.25) is 0 Å². The van der Waals surface area contributed by atoms with E-state index in [2.05, 4.69) is 61.1 Å². The number of aliphatic hydroxyl groups excluding tert-OH is 1. The van der Waals surface area contributed by atoms with E-state index in [4.69, 9.17) is 9.47 Å². The predicted octanol–water partition coefficient (Wildman–Crippen LogP) is 6.65. The van der Waals surface area contributed by atoms with Crippen LogP contribution in [0, 0.1) is 45.3 Å². The van der Waals surface area contributed by atoms with Crippen LogP contribution in [0.1, 0.15) is 101 Å². The third-order valence-electron chi connectivity index (χ3n) is 12.1. The molecule has 0 heterocycles. The summed E-state index contributed by atoms with van der Waals surface area (Å²) in [5, 5.41) is 22.4. The van der Waals surface area contributed by atoms with Crippen LogP contribution in [-0.2, 0) is 23.9 Å². The first-order valence-electron chi connectivity index (χ1n) is 15.7. The maximum atomic E-state index is 12.9. The van der Waals surface area contributed by atoms with Crippen molar-refractivity contribution >= 4 is 17.9 Å². The number of carbonyl (C=O) groups is 3. The molecule has 7 heteroatoms. The maximum absolute atomic E-state index is 12.9. The zero-order chi connectivity index (χ0) is 31.6. The summed E-state index contributed by atoms with van der Waals surface area (Å²) in [5.41, 5.74) is 1.42. The van der Waals surface area contributed by atoms with E-state index in [1.807, 2.05) is 6.08 Å². The number of carbonyl (C=O) groups excluding carboxylic acids is 2. The highest BCUT2D eigenvalue weighted by molar-refractivity contribution is 5.72.